The lowest BCUT2D eigenvalue weighted by Gasteiger charge is -2.30. The molecule has 0 radical (unpaired) electrons. The van der Waals surface area contributed by atoms with Gasteiger partial charge in [0, 0.05) is 26.3 Å². The summed E-state index contributed by atoms with van der Waals surface area (Å²) in [6.07, 6.45) is 2.99. The number of aryl methyl sites for hydroxylation is 1. The summed E-state index contributed by atoms with van der Waals surface area (Å²) in [5.74, 6) is -0.758. The van der Waals surface area contributed by atoms with Crippen LogP contribution in [0.1, 0.15) is 46.1 Å². The van der Waals surface area contributed by atoms with E-state index in [4.69, 9.17) is 5.73 Å². The van der Waals surface area contributed by atoms with Crippen molar-refractivity contribution in [2.24, 2.45) is 12.8 Å². The van der Waals surface area contributed by atoms with E-state index in [2.05, 4.69) is 10.4 Å². The molecule has 170 valence electrons. The van der Waals surface area contributed by atoms with E-state index >= 15 is 0 Å². The smallest absolute Gasteiger partial charge is 0.243 e. The number of carbonyl (C=O) groups is 2. The zero-order valence-electron chi connectivity index (χ0n) is 19.1. The van der Waals surface area contributed by atoms with Crippen molar-refractivity contribution in [1.82, 2.24) is 20.0 Å². The van der Waals surface area contributed by atoms with Crippen LogP contribution in [0.4, 0.5) is 4.39 Å². The van der Waals surface area contributed by atoms with Crippen molar-refractivity contribution in [2.75, 3.05) is 6.54 Å². The number of likely N-dealkylation sites (tertiary alicyclic amines) is 1. The molecule has 0 spiro atoms. The number of amides is 2. The number of aromatic nitrogens is 2. The molecular weight excluding hydrogens is 397 g/mol. The van der Waals surface area contributed by atoms with E-state index in [9.17, 15) is 14.0 Å². The van der Waals surface area contributed by atoms with Crippen molar-refractivity contribution < 1.29 is 14.0 Å². The van der Waals surface area contributed by atoms with Crippen LogP contribution < -0.4 is 11.1 Å². The molecule has 3 N–H and O–H groups in total. The fourth-order valence-corrected chi connectivity index (χ4v) is 3.53. The van der Waals surface area contributed by atoms with Crippen LogP contribution in [-0.4, -0.2) is 50.8 Å². The third-order valence-electron chi connectivity index (χ3n) is 5.38. The van der Waals surface area contributed by atoms with Gasteiger partial charge in [0.1, 0.15) is 17.8 Å². The normalized spacial score (nSPS) is 17.0. The van der Waals surface area contributed by atoms with Gasteiger partial charge in [-0.05, 0) is 43.9 Å². The van der Waals surface area contributed by atoms with E-state index in [-0.39, 0.29) is 5.91 Å². The molecule has 2 unspecified atom stereocenters. The maximum Gasteiger partial charge on any atom is 0.243 e. The highest BCUT2D eigenvalue weighted by Crippen LogP contribution is 2.23. The first-order chi connectivity index (χ1) is 14.7. The number of nitrogens with two attached hydrogens (primary N) is 1. The number of rotatable bonds is 6. The first-order valence-corrected chi connectivity index (χ1v) is 10.8. The lowest BCUT2D eigenvalue weighted by atomic mass is 10.00. The highest BCUT2D eigenvalue weighted by molar-refractivity contribution is 5.90. The highest BCUT2D eigenvalue weighted by Gasteiger charge is 2.41. The molecule has 2 amide bonds. The molecule has 7 nitrogen and oxygen atoms in total. The number of nitrogens with one attached hydrogen (secondary N) is 1. The predicted molar refractivity (Wildman–Crippen MR) is 120 cm³/mol. The number of halogens is 1. The van der Waals surface area contributed by atoms with Gasteiger partial charge in [0.2, 0.25) is 11.8 Å². The Balaban J connectivity index is 0.00000166. The maximum absolute atomic E-state index is 14.1. The molecule has 31 heavy (non-hydrogen) atoms. The van der Waals surface area contributed by atoms with E-state index in [1.54, 1.807) is 10.9 Å². The molecule has 1 aliphatic rings. The van der Waals surface area contributed by atoms with Crippen molar-refractivity contribution in [3.8, 4) is 11.3 Å². The van der Waals surface area contributed by atoms with Gasteiger partial charge >= 0.3 is 0 Å². The molecule has 1 fully saturated rings. The number of nitrogens with zero attached hydrogens (tertiary/aromatic N) is 3. The minimum absolute atomic E-state index is 0.240. The van der Waals surface area contributed by atoms with Crippen molar-refractivity contribution in [3.05, 3.63) is 42.1 Å². The van der Waals surface area contributed by atoms with E-state index in [1.807, 2.05) is 51.2 Å². The van der Waals surface area contributed by atoms with Gasteiger partial charge < -0.3 is 16.0 Å². The highest BCUT2D eigenvalue weighted by atomic mass is 19.1. The van der Waals surface area contributed by atoms with Crippen molar-refractivity contribution in [2.45, 2.75) is 64.8 Å². The molecule has 1 saturated heterocycles. The minimum Gasteiger partial charge on any atom is -0.350 e. The second-order valence-corrected chi connectivity index (χ2v) is 7.99. The van der Waals surface area contributed by atoms with Gasteiger partial charge in [-0.15, -0.1) is 0 Å². The van der Waals surface area contributed by atoms with Gasteiger partial charge in [-0.2, -0.15) is 5.10 Å². The molecule has 0 saturated carbocycles. The molecule has 0 aliphatic carbocycles. The topological polar surface area (TPSA) is 93.2 Å². The van der Waals surface area contributed by atoms with E-state index in [1.165, 1.54) is 18.7 Å². The summed E-state index contributed by atoms with van der Waals surface area (Å²) in [5, 5.41) is 7.05. The number of carbonyl (C=O) groups excluding carboxylic acids is 2. The van der Waals surface area contributed by atoms with Crippen LogP contribution in [-0.2, 0) is 23.2 Å². The van der Waals surface area contributed by atoms with E-state index in [0.29, 0.717) is 25.9 Å². The number of hydrogen-bond donors (Lipinski definition) is 2. The Morgan fingerprint density at radius 3 is 2.45 bits per heavy atom. The lowest BCUT2D eigenvalue weighted by molar-refractivity contribution is -0.141. The second-order valence-electron chi connectivity index (χ2n) is 7.99. The Morgan fingerprint density at radius 2 is 1.90 bits per heavy atom. The summed E-state index contributed by atoms with van der Waals surface area (Å²) in [5.41, 5.74) is 6.92. The van der Waals surface area contributed by atoms with Crippen LogP contribution in [0.25, 0.3) is 11.3 Å². The molecule has 2 heterocycles. The van der Waals surface area contributed by atoms with Gasteiger partial charge in [-0.3, -0.25) is 14.3 Å². The van der Waals surface area contributed by atoms with Gasteiger partial charge in [0.25, 0.3) is 0 Å². The van der Waals surface area contributed by atoms with Crippen molar-refractivity contribution >= 4 is 11.8 Å². The van der Waals surface area contributed by atoms with Crippen LogP contribution >= 0.6 is 0 Å². The fourth-order valence-electron chi connectivity index (χ4n) is 3.53. The Labute approximate surface area is 183 Å². The molecule has 2 atom stereocenters. The molecule has 1 aromatic heterocycles. The summed E-state index contributed by atoms with van der Waals surface area (Å²) in [4.78, 5) is 26.6. The van der Waals surface area contributed by atoms with Crippen LogP contribution in [0.2, 0.25) is 0 Å². The van der Waals surface area contributed by atoms with Gasteiger partial charge in [0.15, 0.2) is 0 Å². The first kappa shape index (κ1) is 24.5. The third-order valence-corrected chi connectivity index (χ3v) is 5.38. The molecule has 2 aromatic rings. The molecule has 8 heteroatoms. The number of benzene rings is 1. The van der Waals surface area contributed by atoms with Gasteiger partial charge in [0.05, 0.1) is 5.69 Å². The number of hydrogen-bond acceptors (Lipinski definition) is 4. The predicted octanol–water partition coefficient (Wildman–Crippen LogP) is 2.80. The molecule has 0 bridgehead atoms. The van der Waals surface area contributed by atoms with Gasteiger partial charge in [-0.25, -0.2) is 4.39 Å². The minimum atomic E-state index is -1.84. The third kappa shape index (κ3) is 5.91. The first-order valence-electron chi connectivity index (χ1n) is 10.8. The zero-order chi connectivity index (χ0) is 23.2. The quantitative estimate of drug-likeness (QED) is 0.736. The summed E-state index contributed by atoms with van der Waals surface area (Å²) in [7, 11) is 1.88. The standard InChI is InChI=1S/C21H28FN5O2.C2H6/c1-21(2,22)18(23)20(29)27-12-4-5-17(27)19(28)24-13-14-6-8-15(9-7-14)16-10-11-25-26(16)3;1-2/h6-11,17-18H,4-5,12-13,23H2,1-3H3,(H,24,28);1-2H3. The summed E-state index contributed by atoms with van der Waals surface area (Å²) < 4.78 is 15.9. The average Bonchev–Trinajstić information content (AvgIpc) is 3.41. The lowest BCUT2D eigenvalue weighted by Crippen LogP contribution is -2.56. The maximum atomic E-state index is 14.1. The molecule has 1 aromatic carbocycles. The van der Waals surface area contributed by atoms with Gasteiger partial charge in [-0.1, -0.05) is 38.1 Å². The number of alkyl halides is 1. The molecule has 3 rings (SSSR count). The summed E-state index contributed by atoms with van der Waals surface area (Å²) in [6.45, 7) is 7.32. The Bertz CT molecular complexity index is 873. The molecule has 1 aliphatic heterocycles. The van der Waals surface area contributed by atoms with Crippen molar-refractivity contribution in [1.29, 1.82) is 0 Å². The van der Waals surface area contributed by atoms with Crippen LogP contribution in [0, 0.1) is 0 Å². The fraction of sp³-hybridized carbons (Fsp3) is 0.522. The van der Waals surface area contributed by atoms with Crippen LogP contribution in [0.5, 0.6) is 0 Å². The van der Waals surface area contributed by atoms with Crippen LogP contribution in [0.3, 0.4) is 0 Å². The Hall–Kier alpha value is -2.74. The Morgan fingerprint density at radius 1 is 1.26 bits per heavy atom. The summed E-state index contributed by atoms with van der Waals surface area (Å²) in [6, 6.07) is 7.90. The largest absolute Gasteiger partial charge is 0.350 e. The zero-order valence-corrected chi connectivity index (χ0v) is 19.1. The van der Waals surface area contributed by atoms with E-state index < -0.39 is 23.7 Å². The monoisotopic (exact) mass is 431 g/mol. The van der Waals surface area contributed by atoms with E-state index in [0.717, 1.165) is 16.8 Å². The average molecular weight is 432 g/mol. The van der Waals surface area contributed by atoms with Crippen LogP contribution in [0.15, 0.2) is 36.5 Å². The second kappa shape index (κ2) is 10.5. The van der Waals surface area contributed by atoms with Crippen molar-refractivity contribution in [3.63, 3.8) is 0 Å². The SMILES string of the molecule is CC.Cn1nccc1-c1ccc(CNC(=O)C2CCCN2C(=O)C(N)C(C)(C)F)cc1. The summed E-state index contributed by atoms with van der Waals surface area (Å²) >= 11 is 0. The Kier molecular flexibility index (Phi) is 8.33. The molecular formula is C23H34FN5O2.